The standard InChI is InChI=1S/C11H14N2O2/c1-2-4-8(12)7-9-5-3-6-10(13-9)11(14)15/h3,5-6,12H,2,4,7H2,1H3,(H,14,15). The molecule has 1 rings (SSSR count). The Labute approximate surface area is 88.5 Å². The fourth-order valence-corrected chi connectivity index (χ4v) is 1.31. The number of aromatic nitrogens is 1. The maximum atomic E-state index is 10.6. The molecule has 0 atom stereocenters. The molecule has 4 heteroatoms. The van der Waals surface area contributed by atoms with Gasteiger partial charge in [0.1, 0.15) is 5.69 Å². The first-order valence-corrected chi connectivity index (χ1v) is 4.89. The molecule has 0 radical (unpaired) electrons. The largest absolute Gasteiger partial charge is 0.477 e. The van der Waals surface area contributed by atoms with E-state index in [4.69, 9.17) is 10.5 Å². The van der Waals surface area contributed by atoms with Crippen molar-refractivity contribution in [3.8, 4) is 0 Å². The summed E-state index contributed by atoms with van der Waals surface area (Å²) in [6.07, 6.45) is 2.10. The summed E-state index contributed by atoms with van der Waals surface area (Å²) >= 11 is 0. The van der Waals surface area contributed by atoms with Crippen molar-refractivity contribution in [3.05, 3.63) is 29.6 Å². The Hall–Kier alpha value is -1.71. The van der Waals surface area contributed by atoms with E-state index in [1.54, 1.807) is 12.1 Å². The maximum Gasteiger partial charge on any atom is 0.354 e. The van der Waals surface area contributed by atoms with Gasteiger partial charge in [0, 0.05) is 17.8 Å². The molecule has 80 valence electrons. The third-order valence-corrected chi connectivity index (χ3v) is 1.97. The molecule has 0 saturated heterocycles. The summed E-state index contributed by atoms with van der Waals surface area (Å²) in [4.78, 5) is 14.6. The van der Waals surface area contributed by atoms with Crippen LogP contribution in [0.4, 0.5) is 0 Å². The number of pyridine rings is 1. The van der Waals surface area contributed by atoms with Gasteiger partial charge in [0.25, 0.3) is 0 Å². The number of nitrogens with one attached hydrogen (secondary N) is 1. The second kappa shape index (κ2) is 5.24. The Kier molecular flexibility index (Phi) is 3.97. The summed E-state index contributed by atoms with van der Waals surface area (Å²) in [5.74, 6) is -1.03. The number of carboxylic acid groups (broad SMARTS) is 1. The van der Waals surface area contributed by atoms with E-state index >= 15 is 0 Å². The van der Waals surface area contributed by atoms with Crippen LogP contribution in [-0.4, -0.2) is 21.8 Å². The van der Waals surface area contributed by atoms with Crippen LogP contribution in [0.5, 0.6) is 0 Å². The molecule has 0 fully saturated rings. The molecule has 0 bridgehead atoms. The van der Waals surface area contributed by atoms with Crippen molar-refractivity contribution in [2.75, 3.05) is 0 Å². The van der Waals surface area contributed by atoms with Gasteiger partial charge in [0.2, 0.25) is 0 Å². The van der Waals surface area contributed by atoms with Crippen LogP contribution in [0.2, 0.25) is 0 Å². The SMILES string of the molecule is CCCC(=N)Cc1cccc(C(=O)O)n1. The maximum absolute atomic E-state index is 10.6. The second-order valence-electron chi connectivity index (χ2n) is 3.35. The molecule has 0 aromatic carbocycles. The number of nitrogens with zero attached hydrogens (tertiary/aromatic N) is 1. The van der Waals surface area contributed by atoms with Gasteiger partial charge in [-0.3, -0.25) is 0 Å². The number of carboxylic acids is 1. The predicted octanol–water partition coefficient (Wildman–Crippen LogP) is 2.14. The first-order chi connectivity index (χ1) is 7.13. The normalized spacial score (nSPS) is 9.93. The van der Waals surface area contributed by atoms with Crippen molar-refractivity contribution in [2.24, 2.45) is 0 Å². The van der Waals surface area contributed by atoms with Crippen LogP contribution in [0.25, 0.3) is 0 Å². The van der Waals surface area contributed by atoms with E-state index in [1.165, 1.54) is 6.07 Å². The Bertz CT molecular complexity index is 375. The average Bonchev–Trinajstić information content (AvgIpc) is 2.18. The number of hydrogen-bond acceptors (Lipinski definition) is 3. The van der Waals surface area contributed by atoms with E-state index in [2.05, 4.69) is 4.98 Å². The van der Waals surface area contributed by atoms with Crippen molar-refractivity contribution >= 4 is 11.7 Å². The van der Waals surface area contributed by atoms with Gasteiger partial charge in [-0.2, -0.15) is 0 Å². The highest BCUT2D eigenvalue weighted by atomic mass is 16.4. The Morgan fingerprint density at radius 1 is 1.53 bits per heavy atom. The summed E-state index contributed by atoms with van der Waals surface area (Å²) in [5, 5.41) is 16.3. The van der Waals surface area contributed by atoms with Crippen molar-refractivity contribution < 1.29 is 9.90 Å². The number of hydrogen-bond donors (Lipinski definition) is 2. The van der Waals surface area contributed by atoms with Gasteiger partial charge in [-0.25, -0.2) is 9.78 Å². The molecule has 1 heterocycles. The van der Waals surface area contributed by atoms with Crippen molar-refractivity contribution in [3.63, 3.8) is 0 Å². The zero-order chi connectivity index (χ0) is 11.3. The van der Waals surface area contributed by atoms with E-state index in [0.717, 1.165) is 12.8 Å². The molecule has 4 nitrogen and oxygen atoms in total. The molecule has 15 heavy (non-hydrogen) atoms. The van der Waals surface area contributed by atoms with Gasteiger partial charge >= 0.3 is 5.97 Å². The highest BCUT2D eigenvalue weighted by Crippen LogP contribution is 2.03. The smallest absolute Gasteiger partial charge is 0.354 e. The van der Waals surface area contributed by atoms with Crippen LogP contribution in [0, 0.1) is 5.41 Å². The van der Waals surface area contributed by atoms with Gasteiger partial charge in [0.15, 0.2) is 0 Å². The summed E-state index contributed by atoms with van der Waals surface area (Å²) in [6, 6.07) is 4.86. The summed E-state index contributed by atoms with van der Waals surface area (Å²) in [5.41, 5.74) is 1.28. The first kappa shape index (κ1) is 11.4. The molecule has 0 aliphatic rings. The van der Waals surface area contributed by atoms with Crippen LogP contribution in [0.15, 0.2) is 18.2 Å². The molecule has 2 N–H and O–H groups in total. The molecule has 0 unspecified atom stereocenters. The van der Waals surface area contributed by atoms with Crippen molar-refractivity contribution in [1.82, 2.24) is 4.98 Å². The minimum absolute atomic E-state index is 0.0387. The zero-order valence-electron chi connectivity index (χ0n) is 8.66. The van der Waals surface area contributed by atoms with E-state index in [0.29, 0.717) is 17.8 Å². The molecular formula is C11H14N2O2. The highest BCUT2D eigenvalue weighted by molar-refractivity contribution is 5.86. The molecular weight excluding hydrogens is 192 g/mol. The Morgan fingerprint density at radius 3 is 2.87 bits per heavy atom. The minimum atomic E-state index is -1.03. The summed E-state index contributed by atoms with van der Waals surface area (Å²) in [7, 11) is 0. The lowest BCUT2D eigenvalue weighted by Gasteiger charge is -2.02. The number of rotatable bonds is 5. The lowest BCUT2D eigenvalue weighted by molar-refractivity contribution is 0.0690. The molecule has 0 aliphatic heterocycles. The molecule has 0 aliphatic carbocycles. The molecule has 1 aromatic rings. The van der Waals surface area contributed by atoms with Crippen LogP contribution in [0.1, 0.15) is 35.9 Å². The van der Waals surface area contributed by atoms with Gasteiger partial charge in [-0.05, 0) is 18.6 Å². The Morgan fingerprint density at radius 2 is 2.27 bits per heavy atom. The van der Waals surface area contributed by atoms with E-state index in [-0.39, 0.29) is 5.69 Å². The molecule has 0 spiro atoms. The lowest BCUT2D eigenvalue weighted by Crippen LogP contribution is -2.06. The highest BCUT2D eigenvalue weighted by Gasteiger charge is 2.06. The molecule has 0 amide bonds. The van der Waals surface area contributed by atoms with Crippen LogP contribution < -0.4 is 0 Å². The monoisotopic (exact) mass is 206 g/mol. The number of aromatic carboxylic acids is 1. The molecule has 1 aromatic heterocycles. The third kappa shape index (κ3) is 3.50. The zero-order valence-corrected chi connectivity index (χ0v) is 8.66. The van der Waals surface area contributed by atoms with Crippen LogP contribution in [-0.2, 0) is 6.42 Å². The quantitative estimate of drug-likeness (QED) is 0.725. The fourth-order valence-electron chi connectivity index (χ4n) is 1.31. The Balaban J connectivity index is 2.73. The molecule has 0 saturated carbocycles. The fraction of sp³-hybridized carbons (Fsp3) is 0.364. The second-order valence-corrected chi connectivity index (χ2v) is 3.35. The third-order valence-electron chi connectivity index (χ3n) is 1.97. The van der Waals surface area contributed by atoms with Gasteiger partial charge in [-0.15, -0.1) is 0 Å². The van der Waals surface area contributed by atoms with E-state index < -0.39 is 5.97 Å². The van der Waals surface area contributed by atoms with Gasteiger partial charge in [0.05, 0.1) is 0 Å². The topological polar surface area (TPSA) is 74.0 Å². The average molecular weight is 206 g/mol. The lowest BCUT2D eigenvalue weighted by atomic mass is 10.1. The summed E-state index contributed by atoms with van der Waals surface area (Å²) in [6.45, 7) is 2.01. The first-order valence-electron chi connectivity index (χ1n) is 4.89. The van der Waals surface area contributed by atoms with Crippen molar-refractivity contribution in [1.29, 1.82) is 5.41 Å². The van der Waals surface area contributed by atoms with Gasteiger partial charge < -0.3 is 10.5 Å². The van der Waals surface area contributed by atoms with Gasteiger partial charge in [-0.1, -0.05) is 19.4 Å². The van der Waals surface area contributed by atoms with E-state index in [1.807, 2.05) is 6.92 Å². The van der Waals surface area contributed by atoms with Crippen molar-refractivity contribution in [2.45, 2.75) is 26.2 Å². The van der Waals surface area contributed by atoms with Crippen LogP contribution >= 0.6 is 0 Å². The minimum Gasteiger partial charge on any atom is -0.477 e. The van der Waals surface area contributed by atoms with E-state index in [9.17, 15) is 4.79 Å². The number of carbonyl (C=O) groups is 1. The predicted molar refractivity (Wildman–Crippen MR) is 57.5 cm³/mol. The summed E-state index contributed by atoms with van der Waals surface area (Å²) < 4.78 is 0. The van der Waals surface area contributed by atoms with Crippen LogP contribution in [0.3, 0.4) is 0 Å².